The molecule has 6 nitrogen and oxygen atoms in total. The Bertz CT molecular complexity index is 1030. The van der Waals surface area contributed by atoms with Gasteiger partial charge in [-0.05, 0) is 50.1 Å². The Morgan fingerprint density at radius 1 is 1.21 bits per heavy atom. The molecule has 2 atom stereocenters. The van der Waals surface area contributed by atoms with Gasteiger partial charge in [0.2, 0.25) is 5.91 Å². The van der Waals surface area contributed by atoms with Crippen molar-refractivity contribution in [3.05, 3.63) is 77.8 Å². The van der Waals surface area contributed by atoms with Crippen LogP contribution in [-0.4, -0.2) is 27.5 Å². The van der Waals surface area contributed by atoms with Gasteiger partial charge in [0.15, 0.2) is 5.75 Å². The van der Waals surface area contributed by atoms with Gasteiger partial charge in [-0.15, -0.1) is 0 Å². The van der Waals surface area contributed by atoms with E-state index in [9.17, 15) is 9.18 Å². The number of carbonyl (C=O) groups excluding carboxylic acids is 1. The van der Waals surface area contributed by atoms with Crippen molar-refractivity contribution in [2.24, 2.45) is 5.92 Å². The Morgan fingerprint density at radius 2 is 2.00 bits per heavy atom. The molecule has 0 radical (unpaired) electrons. The summed E-state index contributed by atoms with van der Waals surface area (Å²) in [5, 5.41) is 2.85. The fraction of sp³-hybridized carbons (Fsp3) is 0.273. The Hall–Kier alpha value is -3.35. The SMILES string of the molecule is Cc1ncc(OC[C@@]2(c3ccc(F)cc3)C[C@H]2C(=O)Nc2ccccn2)c(C)n1. The molecule has 1 saturated carbocycles. The maximum absolute atomic E-state index is 13.4. The van der Waals surface area contributed by atoms with Crippen LogP contribution in [0, 0.1) is 25.6 Å². The zero-order chi connectivity index (χ0) is 20.4. The van der Waals surface area contributed by atoms with E-state index in [-0.39, 0.29) is 24.2 Å². The Kier molecular flexibility index (Phi) is 4.96. The number of aromatic nitrogens is 3. The summed E-state index contributed by atoms with van der Waals surface area (Å²) in [7, 11) is 0. The number of hydrogen-bond donors (Lipinski definition) is 1. The van der Waals surface area contributed by atoms with Crippen LogP contribution in [0.15, 0.2) is 54.9 Å². The first-order valence-electron chi connectivity index (χ1n) is 9.39. The maximum Gasteiger partial charge on any atom is 0.229 e. The van der Waals surface area contributed by atoms with Crippen LogP contribution in [0.4, 0.5) is 10.2 Å². The second-order valence-electron chi connectivity index (χ2n) is 7.28. The van der Waals surface area contributed by atoms with Gasteiger partial charge in [0.1, 0.15) is 17.5 Å². The lowest BCUT2D eigenvalue weighted by atomic mass is 9.93. The first-order valence-corrected chi connectivity index (χ1v) is 9.39. The third-order valence-electron chi connectivity index (χ3n) is 5.27. The number of anilines is 1. The summed E-state index contributed by atoms with van der Waals surface area (Å²) in [6.07, 6.45) is 3.86. The molecule has 1 N–H and O–H groups in total. The number of rotatable bonds is 6. The number of nitrogens with one attached hydrogen (secondary N) is 1. The fourth-order valence-corrected chi connectivity index (χ4v) is 3.56. The molecule has 2 aromatic heterocycles. The van der Waals surface area contributed by atoms with Crippen LogP contribution in [0.5, 0.6) is 5.75 Å². The summed E-state index contributed by atoms with van der Waals surface area (Å²) in [6, 6.07) is 11.6. The normalized spacial score (nSPS) is 20.2. The predicted molar refractivity (Wildman–Crippen MR) is 106 cm³/mol. The van der Waals surface area contributed by atoms with Gasteiger partial charge in [-0.2, -0.15) is 0 Å². The largest absolute Gasteiger partial charge is 0.489 e. The molecule has 7 heteroatoms. The van der Waals surface area contributed by atoms with E-state index in [2.05, 4.69) is 20.3 Å². The average molecular weight is 392 g/mol. The number of pyridine rings is 1. The van der Waals surface area contributed by atoms with Crippen LogP contribution in [0.3, 0.4) is 0 Å². The van der Waals surface area contributed by atoms with Gasteiger partial charge >= 0.3 is 0 Å². The molecule has 29 heavy (non-hydrogen) atoms. The molecule has 0 unspecified atom stereocenters. The molecular formula is C22H21FN4O2. The number of amides is 1. The fourth-order valence-electron chi connectivity index (χ4n) is 3.56. The lowest BCUT2D eigenvalue weighted by Crippen LogP contribution is -2.27. The Balaban J connectivity index is 1.56. The van der Waals surface area contributed by atoms with Crippen molar-refractivity contribution in [2.75, 3.05) is 11.9 Å². The van der Waals surface area contributed by atoms with Crippen molar-refractivity contribution in [3.8, 4) is 5.75 Å². The van der Waals surface area contributed by atoms with Crippen molar-refractivity contribution in [1.29, 1.82) is 0 Å². The number of nitrogens with zero attached hydrogens (tertiary/aromatic N) is 3. The van der Waals surface area contributed by atoms with E-state index in [1.165, 1.54) is 12.1 Å². The molecule has 2 heterocycles. The van der Waals surface area contributed by atoms with E-state index in [4.69, 9.17) is 4.74 Å². The average Bonchev–Trinajstić information content (AvgIpc) is 3.45. The third kappa shape index (κ3) is 3.94. The highest BCUT2D eigenvalue weighted by Gasteiger charge is 2.60. The van der Waals surface area contributed by atoms with Crippen molar-refractivity contribution < 1.29 is 13.9 Å². The molecule has 0 bridgehead atoms. The zero-order valence-corrected chi connectivity index (χ0v) is 16.2. The van der Waals surface area contributed by atoms with E-state index < -0.39 is 5.41 Å². The van der Waals surface area contributed by atoms with Gasteiger partial charge < -0.3 is 10.1 Å². The van der Waals surface area contributed by atoms with Crippen molar-refractivity contribution in [1.82, 2.24) is 15.0 Å². The number of hydrogen-bond acceptors (Lipinski definition) is 5. The highest BCUT2D eigenvalue weighted by atomic mass is 19.1. The topological polar surface area (TPSA) is 77.0 Å². The first kappa shape index (κ1) is 19.0. The van der Waals surface area contributed by atoms with E-state index in [1.807, 2.05) is 19.9 Å². The minimum absolute atomic E-state index is 0.131. The smallest absolute Gasteiger partial charge is 0.229 e. The molecule has 1 aliphatic carbocycles. The highest BCUT2D eigenvalue weighted by molar-refractivity contribution is 5.95. The summed E-state index contributed by atoms with van der Waals surface area (Å²) in [5.41, 5.74) is 1.07. The maximum atomic E-state index is 13.4. The molecule has 148 valence electrons. The summed E-state index contributed by atoms with van der Waals surface area (Å²) in [6.45, 7) is 3.94. The van der Waals surface area contributed by atoms with Crippen LogP contribution in [-0.2, 0) is 10.2 Å². The highest BCUT2D eigenvalue weighted by Crippen LogP contribution is 2.55. The van der Waals surface area contributed by atoms with Gasteiger partial charge in [-0.1, -0.05) is 18.2 Å². The van der Waals surface area contributed by atoms with Crippen LogP contribution >= 0.6 is 0 Å². The second-order valence-corrected chi connectivity index (χ2v) is 7.28. The van der Waals surface area contributed by atoms with Crippen LogP contribution < -0.4 is 10.1 Å². The van der Waals surface area contributed by atoms with E-state index >= 15 is 0 Å². The first-order chi connectivity index (χ1) is 14.0. The van der Waals surface area contributed by atoms with Gasteiger partial charge in [0.05, 0.1) is 24.4 Å². The van der Waals surface area contributed by atoms with Crippen LogP contribution in [0.2, 0.25) is 0 Å². The summed E-state index contributed by atoms with van der Waals surface area (Å²) in [4.78, 5) is 25.5. The number of aryl methyl sites for hydroxylation is 2. The summed E-state index contributed by atoms with van der Waals surface area (Å²) < 4.78 is 19.5. The molecular weight excluding hydrogens is 371 g/mol. The monoisotopic (exact) mass is 392 g/mol. The van der Waals surface area contributed by atoms with E-state index in [0.29, 0.717) is 23.8 Å². The number of carbonyl (C=O) groups is 1. The van der Waals surface area contributed by atoms with Gasteiger partial charge in [0, 0.05) is 11.6 Å². The van der Waals surface area contributed by atoms with Crippen LogP contribution in [0.1, 0.15) is 23.5 Å². The minimum atomic E-state index is -0.538. The molecule has 1 fully saturated rings. The molecule has 0 spiro atoms. The molecule has 3 aromatic rings. The number of halogens is 1. The lowest BCUT2D eigenvalue weighted by molar-refractivity contribution is -0.117. The van der Waals surface area contributed by atoms with Crippen molar-refractivity contribution in [3.63, 3.8) is 0 Å². The molecule has 1 amide bonds. The van der Waals surface area contributed by atoms with Crippen molar-refractivity contribution >= 4 is 11.7 Å². The Morgan fingerprint density at radius 3 is 2.69 bits per heavy atom. The Labute approximate surface area is 168 Å². The minimum Gasteiger partial charge on any atom is -0.489 e. The molecule has 0 saturated heterocycles. The quantitative estimate of drug-likeness (QED) is 0.694. The summed E-state index contributed by atoms with van der Waals surface area (Å²) >= 11 is 0. The van der Waals surface area contributed by atoms with Gasteiger partial charge in [-0.3, -0.25) is 4.79 Å². The molecule has 1 aliphatic rings. The zero-order valence-electron chi connectivity index (χ0n) is 16.2. The lowest BCUT2D eigenvalue weighted by Gasteiger charge is -2.19. The third-order valence-corrected chi connectivity index (χ3v) is 5.27. The second kappa shape index (κ2) is 7.58. The van der Waals surface area contributed by atoms with E-state index in [1.54, 1.807) is 36.7 Å². The van der Waals surface area contributed by atoms with E-state index in [0.717, 1.165) is 11.3 Å². The predicted octanol–water partition coefficient (Wildman–Crippen LogP) is 3.60. The van der Waals surface area contributed by atoms with Gasteiger partial charge in [0.25, 0.3) is 0 Å². The molecule has 1 aromatic carbocycles. The standard InChI is InChI=1S/C22H21FN4O2/c1-14-19(12-25-15(2)26-14)29-13-22(16-6-8-17(23)9-7-16)11-18(22)21(28)27-20-5-3-4-10-24-20/h3-10,12,18H,11,13H2,1-2H3,(H,24,27,28)/t18-,22+/m0/s1. The number of benzene rings is 1. The van der Waals surface area contributed by atoms with Crippen LogP contribution in [0.25, 0.3) is 0 Å². The number of ether oxygens (including phenoxy) is 1. The van der Waals surface area contributed by atoms with Gasteiger partial charge in [-0.25, -0.2) is 19.3 Å². The van der Waals surface area contributed by atoms with Crippen molar-refractivity contribution in [2.45, 2.75) is 25.7 Å². The molecule has 4 rings (SSSR count). The molecule has 0 aliphatic heterocycles. The summed E-state index contributed by atoms with van der Waals surface area (Å²) in [5.74, 6) is 0.994.